The quantitative estimate of drug-likeness (QED) is 0.347. The van der Waals surface area contributed by atoms with Crippen LogP contribution in [-0.2, 0) is 0 Å². The van der Waals surface area contributed by atoms with E-state index in [1.165, 1.54) is 77.0 Å². The summed E-state index contributed by atoms with van der Waals surface area (Å²) in [4.78, 5) is 0. The highest BCUT2D eigenvalue weighted by atomic mass is 32.1. The van der Waals surface area contributed by atoms with Crippen LogP contribution in [0.25, 0.3) is 0 Å². The average Bonchev–Trinajstić information content (AvgIpc) is 2.31. The maximum atomic E-state index is 4.75. The Hall–Kier alpha value is -0.0400. The molecule has 16 heavy (non-hydrogen) atoms. The fraction of sp³-hybridized carbons (Fsp3) is 0.867. The molecule has 0 saturated heterocycles. The monoisotopic (exact) mass is 241 g/mol. The first-order valence-electron chi connectivity index (χ1n) is 7.18. The number of hydrogen-bond acceptors (Lipinski definition) is 0. The fourth-order valence-electron chi connectivity index (χ4n) is 1.99. The summed E-state index contributed by atoms with van der Waals surface area (Å²) in [5.41, 5.74) is 0. The van der Waals surface area contributed by atoms with E-state index in [0.717, 1.165) is 0 Å². The third-order valence-corrected chi connectivity index (χ3v) is 3.26. The molecule has 0 bridgehead atoms. The molecule has 0 rings (SSSR count). The number of rotatable bonds is 12. The largest absolute Gasteiger partial charge is 0.0891 e. The third kappa shape index (κ3) is 14.0. The molecule has 0 unspecified atom stereocenters. The standard InChI is InChI=1S/C15H29S/c1-2-3-4-5-6-7-8-9-10-11-12-13-14-15-16/h14-15H,2-13H2,1H3/b15-14+. The van der Waals surface area contributed by atoms with Gasteiger partial charge >= 0.3 is 0 Å². The molecule has 0 nitrogen and oxygen atoms in total. The number of hydrogen-bond donors (Lipinski definition) is 0. The van der Waals surface area contributed by atoms with Gasteiger partial charge in [0.2, 0.25) is 0 Å². The van der Waals surface area contributed by atoms with E-state index in [2.05, 4.69) is 13.0 Å². The second-order valence-electron chi connectivity index (χ2n) is 4.70. The third-order valence-electron chi connectivity index (χ3n) is 3.07. The van der Waals surface area contributed by atoms with Gasteiger partial charge in [-0.25, -0.2) is 0 Å². The first kappa shape index (κ1) is 16.0. The van der Waals surface area contributed by atoms with E-state index in [-0.39, 0.29) is 0 Å². The lowest BCUT2D eigenvalue weighted by molar-refractivity contribution is 0.550. The van der Waals surface area contributed by atoms with Crippen molar-refractivity contribution in [1.82, 2.24) is 0 Å². The van der Waals surface area contributed by atoms with Crippen LogP contribution in [0.15, 0.2) is 11.5 Å². The molecule has 0 atom stereocenters. The molecule has 1 heteroatoms. The molecule has 0 spiro atoms. The zero-order chi connectivity index (χ0) is 11.9. The molecular weight excluding hydrogens is 212 g/mol. The Morgan fingerprint density at radius 2 is 1.12 bits per heavy atom. The van der Waals surface area contributed by atoms with Crippen LogP contribution in [0.2, 0.25) is 0 Å². The Bertz CT molecular complexity index is 140. The summed E-state index contributed by atoms with van der Waals surface area (Å²) >= 11 is 4.75. The Morgan fingerprint density at radius 3 is 1.56 bits per heavy atom. The summed E-state index contributed by atoms with van der Waals surface area (Å²) in [6, 6.07) is 0. The van der Waals surface area contributed by atoms with Gasteiger partial charge in [-0.3, -0.25) is 0 Å². The topological polar surface area (TPSA) is 0 Å². The van der Waals surface area contributed by atoms with Crippen LogP contribution in [0, 0.1) is 0 Å². The van der Waals surface area contributed by atoms with Crippen molar-refractivity contribution < 1.29 is 0 Å². The average molecular weight is 241 g/mol. The molecule has 1 radical (unpaired) electrons. The van der Waals surface area contributed by atoms with Gasteiger partial charge < -0.3 is 0 Å². The number of allylic oxidation sites excluding steroid dienone is 1. The van der Waals surface area contributed by atoms with Gasteiger partial charge in [-0.2, -0.15) is 0 Å². The van der Waals surface area contributed by atoms with Crippen LogP contribution in [-0.4, -0.2) is 0 Å². The van der Waals surface area contributed by atoms with Crippen LogP contribution in [0.3, 0.4) is 0 Å². The molecule has 0 aliphatic rings. The zero-order valence-electron chi connectivity index (χ0n) is 11.0. The lowest BCUT2D eigenvalue weighted by Gasteiger charge is -2.01. The van der Waals surface area contributed by atoms with Crippen molar-refractivity contribution >= 4 is 12.6 Å². The minimum Gasteiger partial charge on any atom is -0.0891 e. The first-order valence-corrected chi connectivity index (χ1v) is 7.66. The minimum atomic E-state index is 1.18. The lowest BCUT2D eigenvalue weighted by atomic mass is 10.1. The summed E-state index contributed by atoms with van der Waals surface area (Å²) in [7, 11) is 0. The van der Waals surface area contributed by atoms with Gasteiger partial charge in [0, 0.05) is 0 Å². The van der Waals surface area contributed by atoms with E-state index >= 15 is 0 Å². The maximum Gasteiger partial charge on any atom is -0.00265 e. The highest BCUT2D eigenvalue weighted by Crippen LogP contribution is 2.11. The van der Waals surface area contributed by atoms with Crippen molar-refractivity contribution in [2.75, 3.05) is 0 Å². The molecule has 0 aliphatic carbocycles. The van der Waals surface area contributed by atoms with Gasteiger partial charge in [0.15, 0.2) is 0 Å². The molecular formula is C15H29S. The maximum absolute atomic E-state index is 4.75. The van der Waals surface area contributed by atoms with Gasteiger partial charge in [-0.15, -0.1) is 0 Å². The molecule has 0 amide bonds. The van der Waals surface area contributed by atoms with E-state index in [9.17, 15) is 0 Å². The Labute approximate surface area is 108 Å². The van der Waals surface area contributed by atoms with Crippen molar-refractivity contribution in [2.24, 2.45) is 0 Å². The summed E-state index contributed by atoms with van der Waals surface area (Å²) in [5.74, 6) is 0. The number of unbranched alkanes of at least 4 members (excludes halogenated alkanes) is 11. The first-order chi connectivity index (χ1) is 7.91. The predicted octanol–water partition coefficient (Wildman–Crippen LogP) is 6.40. The van der Waals surface area contributed by atoms with Crippen molar-refractivity contribution in [2.45, 2.75) is 84.0 Å². The molecule has 0 aromatic carbocycles. The molecule has 0 aliphatic heterocycles. The van der Waals surface area contributed by atoms with E-state index in [1.54, 1.807) is 5.41 Å². The Balaban J connectivity index is 2.88. The fourth-order valence-corrected chi connectivity index (χ4v) is 2.13. The van der Waals surface area contributed by atoms with Crippen LogP contribution >= 0.6 is 12.6 Å². The highest BCUT2D eigenvalue weighted by molar-refractivity contribution is 7.83. The highest BCUT2D eigenvalue weighted by Gasteiger charge is 1.92. The van der Waals surface area contributed by atoms with E-state index in [0.29, 0.717) is 0 Å². The Kier molecular flexibility index (Phi) is 14.9. The second-order valence-corrected chi connectivity index (χ2v) is 4.97. The van der Waals surface area contributed by atoms with Crippen LogP contribution in [0.5, 0.6) is 0 Å². The van der Waals surface area contributed by atoms with Gasteiger partial charge in [-0.05, 0) is 18.2 Å². The van der Waals surface area contributed by atoms with Gasteiger partial charge in [0.05, 0.1) is 0 Å². The molecule has 0 aromatic rings. The summed E-state index contributed by atoms with van der Waals surface area (Å²) < 4.78 is 0. The molecule has 0 saturated carbocycles. The smallest absolute Gasteiger partial charge is 0.00265 e. The van der Waals surface area contributed by atoms with Crippen LogP contribution in [0.1, 0.15) is 84.0 Å². The normalized spacial score (nSPS) is 11.3. The van der Waals surface area contributed by atoms with Crippen LogP contribution in [0.4, 0.5) is 0 Å². The lowest BCUT2D eigenvalue weighted by Crippen LogP contribution is -1.81. The van der Waals surface area contributed by atoms with Gasteiger partial charge in [0.25, 0.3) is 0 Å². The summed E-state index contributed by atoms with van der Waals surface area (Å²) in [6.45, 7) is 2.28. The molecule has 0 heterocycles. The van der Waals surface area contributed by atoms with E-state index in [4.69, 9.17) is 12.6 Å². The SMILES string of the molecule is CCCCCCCCCCCCC/C=C/[S]. The minimum absolute atomic E-state index is 1.18. The summed E-state index contributed by atoms with van der Waals surface area (Å²) in [5, 5.41) is 1.75. The second kappa shape index (κ2) is 15.0. The van der Waals surface area contributed by atoms with Crippen LogP contribution < -0.4 is 0 Å². The van der Waals surface area contributed by atoms with Gasteiger partial charge in [-0.1, -0.05) is 89.8 Å². The molecule has 95 valence electrons. The zero-order valence-corrected chi connectivity index (χ0v) is 11.9. The van der Waals surface area contributed by atoms with E-state index in [1.807, 2.05) is 0 Å². The van der Waals surface area contributed by atoms with Crippen molar-refractivity contribution in [3.8, 4) is 0 Å². The van der Waals surface area contributed by atoms with E-state index < -0.39 is 0 Å². The Morgan fingerprint density at radius 1 is 0.688 bits per heavy atom. The predicted molar refractivity (Wildman–Crippen MR) is 77.8 cm³/mol. The molecule has 0 aromatic heterocycles. The van der Waals surface area contributed by atoms with Crippen molar-refractivity contribution in [1.29, 1.82) is 0 Å². The van der Waals surface area contributed by atoms with Gasteiger partial charge in [0.1, 0.15) is 0 Å². The van der Waals surface area contributed by atoms with Crippen molar-refractivity contribution in [3.05, 3.63) is 11.5 Å². The molecule has 0 fully saturated rings. The molecule has 0 N–H and O–H groups in total. The summed E-state index contributed by atoms with van der Waals surface area (Å²) in [6.07, 6.45) is 18.9. The van der Waals surface area contributed by atoms with Crippen molar-refractivity contribution in [3.63, 3.8) is 0 Å².